The molecule has 0 aromatic heterocycles. The lowest BCUT2D eigenvalue weighted by molar-refractivity contribution is -0.133. The van der Waals surface area contributed by atoms with Crippen molar-refractivity contribution >= 4 is 5.91 Å². The van der Waals surface area contributed by atoms with Gasteiger partial charge in [0.05, 0.1) is 0 Å². The number of amides is 1. The zero-order chi connectivity index (χ0) is 21.4. The number of benzene rings is 2. The van der Waals surface area contributed by atoms with Crippen LogP contribution in [0.25, 0.3) is 0 Å². The number of carbonyl (C=O) groups excluding carboxylic acids is 1. The molecule has 0 aliphatic rings. The summed E-state index contributed by atoms with van der Waals surface area (Å²) in [6.45, 7) is 8.09. The molecule has 0 saturated heterocycles. The van der Waals surface area contributed by atoms with Crippen molar-refractivity contribution in [3.8, 4) is 0 Å². The summed E-state index contributed by atoms with van der Waals surface area (Å²) in [4.78, 5) is 12.1. The second kappa shape index (κ2) is 11.1. The van der Waals surface area contributed by atoms with Gasteiger partial charge in [-0.25, -0.2) is 9.87 Å². The molecule has 0 fully saturated rings. The van der Waals surface area contributed by atoms with Crippen LogP contribution in [0.5, 0.6) is 0 Å². The SMILES string of the molecule is Cc1cc(CCCCCC[C@@H](Cc2cc(C)c(C)c(C)c2)C(=O)NO)ccc1F. The fourth-order valence-electron chi connectivity index (χ4n) is 3.88. The third-order valence-electron chi connectivity index (χ3n) is 5.94. The zero-order valence-corrected chi connectivity index (χ0v) is 18.1. The number of carbonyl (C=O) groups is 1. The number of rotatable bonds is 10. The molecule has 158 valence electrons. The average Bonchev–Trinajstić information content (AvgIpc) is 2.69. The van der Waals surface area contributed by atoms with Gasteiger partial charge in [-0.1, -0.05) is 43.5 Å². The second-order valence-electron chi connectivity index (χ2n) is 8.27. The van der Waals surface area contributed by atoms with E-state index < -0.39 is 0 Å². The van der Waals surface area contributed by atoms with Crippen molar-refractivity contribution < 1.29 is 14.4 Å². The molecule has 0 aliphatic heterocycles. The first-order valence-electron chi connectivity index (χ1n) is 10.6. The van der Waals surface area contributed by atoms with E-state index in [0.717, 1.165) is 44.1 Å². The van der Waals surface area contributed by atoms with Crippen molar-refractivity contribution in [3.63, 3.8) is 0 Å². The second-order valence-corrected chi connectivity index (χ2v) is 8.27. The van der Waals surface area contributed by atoms with Crippen LogP contribution < -0.4 is 5.48 Å². The molecule has 0 spiro atoms. The van der Waals surface area contributed by atoms with Crippen molar-refractivity contribution in [1.82, 2.24) is 5.48 Å². The van der Waals surface area contributed by atoms with Gasteiger partial charge in [0, 0.05) is 5.92 Å². The molecule has 2 rings (SSSR count). The lowest BCUT2D eigenvalue weighted by atomic mass is 9.90. The summed E-state index contributed by atoms with van der Waals surface area (Å²) in [7, 11) is 0. The van der Waals surface area contributed by atoms with Gasteiger partial charge in [0.25, 0.3) is 0 Å². The largest absolute Gasteiger partial charge is 0.289 e. The van der Waals surface area contributed by atoms with Crippen molar-refractivity contribution in [2.75, 3.05) is 0 Å². The monoisotopic (exact) mass is 399 g/mol. The highest BCUT2D eigenvalue weighted by atomic mass is 19.1. The van der Waals surface area contributed by atoms with E-state index >= 15 is 0 Å². The van der Waals surface area contributed by atoms with Crippen LogP contribution in [0.4, 0.5) is 4.39 Å². The van der Waals surface area contributed by atoms with Gasteiger partial charge in [-0.15, -0.1) is 0 Å². The van der Waals surface area contributed by atoms with Crippen molar-refractivity contribution in [3.05, 3.63) is 69.5 Å². The highest BCUT2D eigenvalue weighted by molar-refractivity contribution is 5.77. The van der Waals surface area contributed by atoms with Gasteiger partial charge in [0.15, 0.2) is 0 Å². The third-order valence-corrected chi connectivity index (χ3v) is 5.94. The topological polar surface area (TPSA) is 49.3 Å². The van der Waals surface area contributed by atoms with Crippen LogP contribution in [0.1, 0.15) is 65.5 Å². The predicted molar refractivity (Wildman–Crippen MR) is 116 cm³/mol. The van der Waals surface area contributed by atoms with Gasteiger partial charge in [-0.05, 0) is 92.8 Å². The van der Waals surface area contributed by atoms with E-state index in [9.17, 15) is 9.18 Å². The quantitative estimate of drug-likeness (QED) is 0.296. The Morgan fingerprint density at radius 1 is 0.931 bits per heavy atom. The van der Waals surface area contributed by atoms with E-state index in [2.05, 4.69) is 32.9 Å². The Morgan fingerprint density at radius 2 is 1.55 bits per heavy atom. The highest BCUT2D eigenvalue weighted by Crippen LogP contribution is 2.22. The Hall–Kier alpha value is -2.20. The predicted octanol–water partition coefficient (Wildman–Crippen LogP) is 5.92. The van der Waals surface area contributed by atoms with Crippen LogP contribution in [0.15, 0.2) is 30.3 Å². The Balaban J connectivity index is 1.80. The lowest BCUT2D eigenvalue weighted by Gasteiger charge is -2.16. The Labute approximate surface area is 174 Å². The number of unbranched alkanes of at least 4 members (excludes halogenated alkanes) is 3. The van der Waals surface area contributed by atoms with Crippen LogP contribution in [-0.4, -0.2) is 11.1 Å². The normalized spacial score (nSPS) is 12.1. The van der Waals surface area contributed by atoms with Gasteiger partial charge in [0.1, 0.15) is 5.82 Å². The maximum atomic E-state index is 13.3. The van der Waals surface area contributed by atoms with Gasteiger partial charge in [0.2, 0.25) is 5.91 Å². The van der Waals surface area contributed by atoms with E-state index in [-0.39, 0.29) is 17.6 Å². The standard InChI is InChI=1S/C25H34FNO2/c1-17-13-22(14-18(2)20(17)4)16-23(25(28)27-29)10-8-6-5-7-9-21-11-12-24(26)19(3)15-21/h11-15,23,29H,5-10,16H2,1-4H3,(H,27,28)/t23-/m0/s1. The zero-order valence-electron chi connectivity index (χ0n) is 18.1. The Kier molecular flexibility index (Phi) is 8.84. The summed E-state index contributed by atoms with van der Waals surface area (Å²) in [6.07, 6.45) is 6.47. The van der Waals surface area contributed by atoms with Gasteiger partial charge in [-0.2, -0.15) is 0 Å². The summed E-state index contributed by atoms with van der Waals surface area (Å²) in [5.74, 6) is -0.676. The van der Waals surface area contributed by atoms with Gasteiger partial charge < -0.3 is 0 Å². The first kappa shape index (κ1) is 23.1. The minimum atomic E-state index is -0.303. The van der Waals surface area contributed by atoms with Gasteiger partial charge in [-0.3, -0.25) is 10.0 Å². The first-order valence-corrected chi connectivity index (χ1v) is 10.6. The fourth-order valence-corrected chi connectivity index (χ4v) is 3.88. The number of aryl methyl sites for hydroxylation is 4. The van der Waals surface area contributed by atoms with E-state index in [1.807, 2.05) is 17.6 Å². The molecular weight excluding hydrogens is 365 g/mol. The highest BCUT2D eigenvalue weighted by Gasteiger charge is 2.18. The summed E-state index contributed by atoms with van der Waals surface area (Å²) in [6, 6.07) is 9.60. The van der Waals surface area contributed by atoms with Crippen LogP contribution in [0.2, 0.25) is 0 Å². The smallest absolute Gasteiger partial charge is 0.246 e. The van der Waals surface area contributed by atoms with Crippen LogP contribution in [0.3, 0.4) is 0 Å². The number of hydroxylamine groups is 1. The fraction of sp³-hybridized carbons (Fsp3) is 0.480. The molecule has 0 radical (unpaired) electrons. The van der Waals surface area contributed by atoms with E-state index in [0.29, 0.717) is 12.0 Å². The number of hydrogen-bond acceptors (Lipinski definition) is 2. The van der Waals surface area contributed by atoms with Crippen molar-refractivity contribution in [2.45, 2.75) is 72.6 Å². The van der Waals surface area contributed by atoms with Crippen LogP contribution in [-0.2, 0) is 17.6 Å². The Morgan fingerprint density at radius 3 is 2.17 bits per heavy atom. The molecule has 0 saturated carbocycles. The molecule has 4 heteroatoms. The molecule has 29 heavy (non-hydrogen) atoms. The maximum Gasteiger partial charge on any atom is 0.246 e. The molecule has 3 nitrogen and oxygen atoms in total. The van der Waals surface area contributed by atoms with Crippen LogP contribution >= 0.6 is 0 Å². The number of hydrogen-bond donors (Lipinski definition) is 2. The summed E-state index contributed by atoms with van der Waals surface area (Å²) >= 11 is 0. The molecule has 0 heterocycles. The molecule has 0 aliphatic carbocycles. The van der Waals surface area contributed by atoms with Crippen molar-refractivity contribution in [1.29, 1.82) is 0 Å². The molecule has 0 unspecified atom stereocenters. The first-order chi connectivity index (χ1) is 13.8. The van der Waals surface area contributed by atoms with Gasteiger partial charge >= 0.3 is 0 Å². The molecule has 2 aromatic carbocycles. The molecule has 1 atom stereocenters. The average molecular weight is 400 g/mol. The van der Waals surface area contributed by atoms with Crippen LogP contribution in [0, 0.1) is 39.4 Å². The minimum Gasteiger partial charge on any atom is -0.289 e. The molecule has 0 bridgehead atoms. The minimum absolute atomic E-state index is 0.152. The molecular formula is C25H34FNO2. The summed E-state index contributed by atoms with van der Waals surface area (Å²) in [5, 5.41) is 9.12. The number of halogens is 1. The molecule has 2 aromatic rings. The third kappa shape index (κ3) is 6.97. The molecule has 2 N–H and O–H groups in total. The number of nitrogens with one attached hydrogen (secondary N) is 1. The molecule has 1 amide bonds. The summed E-state index contributed by atoms with van der Waals surface area (Å²) in [5.41, 5.74) is 8.61. The maximum absolute atomic E-state index is 13.3. The van der Waals surface area contributed by atoms with E-state index in [4.69, 9.17) is 5.21 Å². The van der Waals surface area contributed by atoms with E-state index in [1.54, 1.807) is 6.92 Å². The van der Waals surface area contributed by atoms with E-state index in [1.165, 1.54) is 28.3 Å². The lowest BCUT2D eigenvalue weighted by Crippen LogP contribution is -2.29. The summed E-state index contributed by atoms with van der Waals surface area (Å²) < 4.78 is 13.3. The Bertz CT molecular complexity index is 809. The van der Waals surface area contributed by atoms with Crippen molar-refractivity contribution in [2.24, 2.45) is 5.92 Å².